The Kier molecular flexibility index (Phi) is 3.14. The van der Waals surface area contributed by atoms with Crippen LogP contribution in [0.3, 0.4) is 0 Å². The SMILES string of the molecule is CCOC(=O)[C@@H]1Nc2ccccc2[C@H]2c3ccccc3C[C@H]21. The molecule has 3 nitrogen and oxygen atoms in total. The van der Waals surface area contributed by atoms with Crippen LogP contribution in [0.5, 0.6) is 0 Å². The highest BCUT2D eigenvalue weighted by molar-refractivity contribution is 5.82. The highest BCUT2D eigenvalue weighted by Gasteiger charge is 2.45. The molecule has 0 radical (unpaired) electrons. The predicted molar refractivity (Wildman–Crippen MR) is 86.0 cm³/mol. The van der Waals surface area contributed by atoms with E-state index >= 15 is 0 Å². The summed E-state index contributed by atoms with van der Waals surface area (Å²) in [5.41, 5.74) is 5.05. The zero-order valence-corrected chi connectivity index (χ0v) is 12.6. The van der Waals surface area contributed by atoms with Gasteiger partial charge in [-0.25, -0.2) is 4.79 Å². The van der Waals surface area contributed by atoms with Crippen molar-refractivity contribution in [2.45, 2.75) is 25.3 Å². The maximum atomic E-state index is 12.4. The fourth-order valence-corrected chi connectivity index (χ4v) is 3.97. The van der Waals surface area contributed by atoms with Gasteiger partial charge in [0.05, 0.1) is 6.61 Å². The highest BCUT2D eigenvalue weighted by atomic mass is 16.5. The van der Waals surface area contributed by atoms with Crippen LogP contribution in [-0.2, 0) is 16.0 Å². The zero-order valence-electron chi connectivity index (χ0n) is 12.6. The molecule has 0 saturated carbocycles. The Hall–Kier alpha value is -2.29. The summed E-state index contributed by atoms with van der Waals surface area (Å²) in [5.74, 6) is 0.370. The average molecular weight is 293 g/mol. The predicted octanol–water partition coefficient (Wildman–Crippen LogP) is 3.35. The first-order valence-electron chi connectivity index (χ1n) is 7.89. The lowest BCUT2D eigenvalue weighted by Crippen LogP contribution is -2.43. The Bertz CT molecular complexity index is 725. The molecule has 2 aliphatic rings. The monoisotopic (exact) mass is 293 g/mol. The molecular weight excluding hydrogens is 274 g/mol. The number of carbonyl (C=O) groups excluding carboxylic acids is 1. The minimum atomic E-state index is -0.271. The molecule has 1 heterocycles. The largest absolute Gasteiger partial charge is 0.464 e. The quantitative estimate of drug-likeness (QED) is 0.863. The fraction of sp³-hybridized carbons (Fsp3) is 0.316. The van der Waals surface area contributed by atoms with Gasteiger partial charge in [0.15, 0.2) is 0 Å². The number of hydrogen-bond acceptors (Lipinski definition) is 3. The molecule has 3 heteroatoms. The number of anilines is 1. The van der Waals surface area contributed by atoms with Gasteiger partial charge < -0.3 is 10.1 Å². The molecule has 0 fully saturated rings. The summed E-state index contributed by atoms with van der Waals surface area (Å²) in [6.45, 7) is 2.28. The second-order valence-electron chi connectivity index (χ2n) is 6.01. The van der Waals surface area contributed by atoms with Crippen molar-refractivity contribution in [2.24, 2.45) is 5.92 Å². The molecule has 1 N–H and O–H groups in total. The van der Waals surface area contributed by atoms with Gasteiger partial charge in [-0.05, 0) is 36.1 Å². The number of esters is 1. The maximum absolute atomic E-state index is 12.4. The van der Waals surface area contributed by atoms with Crippen molar-refractivity contribution >= 4 is 11.7 Å². The van der Waals surface area contributed by atoms with E-state index in [1.165, 1.54) is 16.7 Å². The molecule has 2 aromatic rings. The Balaban J connectivity index is 1.83. The third-order valence-electron chi connectivity index (χ3n) is 4.85. The third-order valence-corrected chi connectivity index (χ3v) is 4.85. The normalized spacial score (nSPS) is 24.7. The van der Waals surface area contributed by atoms with E-state index in [1.807, 2.05) is 13.0 Å². The van der Waals surface area contributed by atoms with E-state index in [0.29, 0.717) is 6.61 Å². The first kappa shape index (κ1) is 13.4. The van der Waals surface area contributed by atoms with Crippen LogP contribution in [-0.4, -0.2) is 18.6 Å². The van der Waals surface area contributed by atoms with E-state index in [-0.39, 0.29) is 23.8 Å². The lowest BCUT2D eigenvalue weighted by molar-refractivity contribution is -0.145. The highest BCUT2D eigenvalue weighted by Crippen LogP contribution is 2.49. The number of benzene rings is 2. The number of ether oxygens (including phenoxy) is 1. The topological polar surface area (TPSA) is 38.3 Å². The van der Waals surface area contributed by atoms with Crippen molar-refractivity contribution in [3.05, 3.63) is 65.2 Å². The number of carbonyl (C=O) groups is 1. The molecule has 0 amide bonds. The Morgan fingerprint density at radius 3 is 2.68 bits per heavy atom. The van der Waals surface area contributed by atoms with Crippen LogP contribution >= 0.6 is 0 Å². The summed E-state index contributed by atoms with van der Waals surface area (Å²) in [7, 11) is 0. The summed E-state index contributed by atoms with van der Waals surface area (Å²) < 4.78 is 5.30. The molecule has 0 unspecified atom stereocenters. The summed E-state index contributed by atoms with van der Waals surface area (Å²) in [6, 6.07) is 16.6. The first-order chi connectivity index (χ1) is 10.8. The summed E-state index contributed by atoms with van der Waals surface area (Å²) in [6.07, 6.45) is 0.922. The van der Waals surface area contributed by atoms with Gasteiger partial charge in [0.2, 0.25) is 0 Å². The van der Waals surface area contributed by atoms with E-state index in [1.54, 1.807) is 0 Å². The molecule has 22 heavy (non-hydrogen) atoms. The Morgan fingerprint density at radius 2 is 1.86 bits per heavy atom. The average Bonchev–Trinajstić information content (AvgIpc) is 2.94. The first-order valence-corrected chi connectivity index (χ1v) is 7.89. The summed E-state index contributed by atoms with van der Waals surface area (Å²) in [5, 5.41) is 3.41. The van der Waals surface area contributed by atoms with Gasteiger partial charge in [-0.2, -0.15) is 0 Å². The fourth-order valence-electron chi connectivity index (χ4n) is 3.97. The van der Waals surface area contributed by atoms with Crippen LogP contribution in [0.25, 0.3) is 0 Å². The molecule has 0 aromatic heterocycles. The molecular formula is C19H19NO2. The van der Waals surface area contributed by atoms with Crippen molar-refractivity contribution in [3.63, 3.8) is 0 Å². The number of para-hydroxylation sites is 1. The van der Waals surface area contributed by atoms with Crippen molar-refractivity contribution in [2.75, 3.05) is 11.9 Å². The third kappa shape index (κ3) is 1.92. The van der Waals surface area contributed by atoms with Crippen molar-refractivity contribution in [1.82, 2.24) is 0 Å². The van der Waals surface area contributed by atoms with Gasteiger partial charge >= 0.3 is 5.97 Å². The van der Waals surface area contributed by atoms with Gasteiger partial charge in [0.1, 0.15) is 6.04 Å². The molecule has 0 spiro atoms. The Morgan fingerprint density at radius 1 is 1.14 bits per heavy atom. The van der Waals surface area contributed by atoms with Gasteiger partial charge in [-0.3, -0.25) is 0 Å². The minimum Gasteiger partial charge on any atom is -0.464 e. The van der Waals surface area contributed by atoms with Crippen LogP contribution in [0.4, 0.5) is 5.69 Å². The van der Waals surface area contributed by atoms with E-state index in [9.17, 15) is 4.79 Å². The van der Waals surface area contributed by atoms with E-state index in [4.69, 9.17) is 4.74 Å². The number of hydrogen-bond donors (Lipinski definition) is 1. The van der Waals surface area contributed by atoms with E-state index in [2.05, 4.69) is 47.8 Å². The standard InChI is InChI=1S/C19H19NO2/c1-2-22-19(21)18-15-11-12-7-3-4-8-13(12)17(15)14-9-5-6-10-16(14)20-18/h3-10,15,17-18,20H,2,11H2,1H3/t15-,17-,18-/m1/s1. The molecule has 1 aliphatic heterocycles. The lowest BCUT2D eigenvalue weighted by atomic mass is 9.78. The van der Waals surface area contributed by atoms with E-state index < -0.39 is 0 Å². The van der Waals surface area contributed by atoms with Gasteiger partial charge in [0.25, 0.3) is 0 Å². The molecule has 2 aromatic carbocycles. The second-order valence-corrected chi connectivity index (χ2v) is 6.01. The summed E-state index contributed by atoms with van der Waals surface area (Å²) >= 11 is 0. The van der Waals surface area contributed by atoms with Crippen LogP contribution in [0, 0.1) is 5.92 Å². The van der Waals surface area contributed by atoms with E-state index in [0.717, 1.165) is 12.1 Å². The zero-order chi connectivity index (χ0) is 15.1. The van der Waals surface area contributed by atoms with Crippen molar-refractivity contribution in [3.8, 4) is 0 Å². The van der Waals surface area contributed by atoms with Crippen LogP contribution < -0.4 is 5.32 Å². The second kappa shape index (κ2) is 5.16. The molecule has 0 saturated heterocycles. The maximum Gasteiger partial charge on any atom is 0.328 e. The molecule has 112 valence electrons. The molecule has 1 aliphatic carbocycles. The minimum absolute atomic E-state index is 0.139. The smallest absolute Gasteiger partial charge is 0.328 e. The van der Waals surface area contributed by atoms with Crippen LogP contribution in [0.1, 0.15) is 29.5 Å². The van der Waals surface area contributed by atoms with Crippen molar-refractivity contribution < 1.29 is 9.53 Å². The lowest BCUT2D eigenvalue weighted by Gasteiger charge is -2.36. The van der Waals surface area contributed by atoms with Crippen LogP contribution in [0.2, 0.25) is 0 Å². The van der Waals surface area contributed by atoms with Crippen LogP contribution in [0.15, 0.2) is 48.5 Å². The molecule has 4 rings (SSSR count). The van der Waals surface area contributed by atoms with Gasteiger partial charge in [0, 0.05) is 17.5 Å². The molecule has 3 atom stereocenters. The van der Waals surface area contributed by atoms with Crippen molar-refractivity contribution in [1.29, 1.82) is 0 Å². The number of rotatable bonds is 2. The number of nitrogens with one attached hydrogen (secondary N) is 1. The summed E-state index contributed by atoms with van der Waals surface area (Å²) in [4.78, 5) is 12.4. The molecule has 0 bridgehead atoms. The Labute approximate surface area is 130 Å². The van der Waals surface area contributed by atoms with Gasteiger partial charge in [-0.1, -0.05) is 42.5 Å². The number of fused-ring (bicyclic) bond motifs is 5. The van der Waals surface area contributed by atoms with Gasteiger partial charge in [-0.15, -0.1) is 0 Å².